The van der Waals surface area contributed by atoms with Crippen LogP contribution in [-0.4, -0.2) is 22.2 Å². The van der Waals surface area contributed by atoms with E-state index < -0.39 is 0 Å². The summed E-state index contributed by atoms with van der Waals surface area (Å²) in [5.74, 6) is 1.47. The largest absolute Gasteiger partial charge is 0.494 e. The number of hydrogen-bond donors (Lipinski definition) is 0. The monoisotopic (exact) mass is 366 g/mol. The van der Waals surface area contributed by atoms with Gasteiger partial charge in [-0.25, -0.2) is 4.68 Å². The maximum atomic E-state index is 11.3. The van der Waals surface area contributed by atoms with E-state index in [4.69, 9.17) is 9.84 Å². The molecule has 1 fully saturated rings. The van der Waals surface area contributed by atoms with Crippen molar-refractivity contribution in [1.82, 2.24) is 9.78 Å². The van der Waals surface area contributed by atoms with E-state index in [1.54, 1.807) is 13.0 Å². The normalized spacial score (nSPS) is 15.3. The lowest BCUT2D eigenvalue weighted by molar-refractivity contribution is -0.112. The fourth-order valence-electron chi connectivity index (χ4n) is 3.61. The first-order valence-electron chi connectivity index (χ1n) is 10.2. The molecule has 0 N–H and O–H groups in total. The van der Waals surface area contributed by atoms with Crippen LogP contribution in [0.5, 0.6) is 5.75 Å². The molecule has 2 aromatic rings. The second kappa shape index (κ2) is 9.54. The van der Waals surface area contributed by atoms with Gasteiger partial charge in [0, 0.05) is 11.6 Å². The lowest BCUT2D eigenvalue weighted by Crippen LogP contribution is -2.11. The van der Waals surface area contributed by atoms with Crippen LogP contribution in [0.2, 0.25) is 0 Å². The van der Waals surface area contributed by atoms with Gasteiger partial charge in [0.1, 0.15) is 5.75 Å². The smallest absolute Gasteiger partial charge is 0.152 e. The van der Waals surface area contributed by atoms with Crippen molar-refractivity contribution in [3.05, 3.63) is 47.8 Å². The number of carbonyl (C=O) groups excluding carboxylic acids is 1. The number of rotatable bonds is 8. The number of ether oxygens (including phenoxy) is 1. The molecule has 0 radical (unpaired) electrons. The summed E-state index contributed by atoms with van der Waals surface area (Å²) in [6.07, 6.45) is 11.9. The molecule has 3 rings (SSSR count). The number of aromatic nitrogens is 2. The van der Waals surface area contributed by atoms with Crippen LogP contribution in [0.25, 0.3) is 11.8 Å². The van der Waals surface area contributed by atoms with Crippen LogP contribution < -0.4 is 4.74 Å². The molecule has 1 aromatic heterocycles. The molecule has 1 heterocycles. The SMILES string of the molecule is CCCCOc1ccc(-n2nc(/C=C/C(C)=O)cc2C2CCCCC2)cc1. The highest BCUT2D eigenvalue weighted by Gasteiger charge is 2.21. The van der Waals surface area contributed by atoms with Gasteiger partial charge in [-0.3, -0.25) is 4.79 Å². The zero-order valence-electron chi connectivity index (χ0n) is 16.5. The second-order valence-corrected chi connectivity index (χ2v) is 7.38. The third kappa shape index (κ3) is 5.31. The molecule has 1 aromatic carbocycles. The van der Waals surface area contributed by atoms with E-state index in [9.17, 15) is 4.79 Å². The van der Waals surface area contributed by atoms with E-state index in [0.717, 1.165) is 36.6 Å². The van der Waals surface area contributed by atoms with Gasteiger partial charge in [0.15, 0.2) is 5.78 Å². The molecule has 27 heavy (non-hydrogen) atoms. The quantitative estimate of drug-likeness (QED) is 0.444. The highest BCUT2D eigenvalue weighted by atomic mass is 16.5. The maximum absolute atomic E-state index is 11.3. The highest BCUT2D eigenvalue weighted by molar-refractivity contribution is 5.91. The minimum absolute atomic E-state index is 0.0392. The third-order valence-electron chi connectivity index (χ3n) is 5.12. The molecular formula is C23H30N2O2. The van der Waals surface area contributed by atoms with Gasteiger partial charge in [-0.15, -0.1) is 0 Å². The van der Waals surface area contributed by atoms with Crippen molar-refractivity contribution in [3.8, 4) is 11.4 Å². The number of nitrogens with zero attached hydrogens (tertiary/aromatic N) is 2. The number of carbonyl (C=O) groups is 1. The fourth-order valence-corrected chi connectivity index (χ4v) is 3.61. The van der Waals surface area contributed by atoms with Crippen molar-refractivity contribution >= 4 is 11.9 Å². The Labute approximate surface area is 162 Å². The van der Waals surface area contributed by atoms with Gasteiger partial charge in [0.05, 0.1) is 18.0 Å². The molecule has 4 nitrogen and oxygen atoms in total. The zero-order chi connectivity index (χ0) is 19.1. The minimum atomic E-state index is 0.0392. The average Bonchev–Trinajstić information content (AvgIpc) is 3.12. The zero-order valence-corrected chi connectivity index (χ0v) is 16.5. The third-order valence-corrected chi connectivity index (χ3v) is 5.12. The Morgan fingerprint density at radius 3 is 2.63 bits per heavy atom. The van der Waals surface area contributed by atoms with Crippen LogP contribution in [-0.2, 0) is 4.79 Å². The Kier molecular flexibility index (Phi) is 6.86. The summed E-state index contributed by atoms with van der Waals surface area (Å²) in [7, 11) is 0. The summed E-state index contributed by atoms with van der Waals surface area (Å²) in [6.45, 7) is 4.48. The summed E-state index contributed by atoms with van der Waals surface area (Å²) in [6, 6.07) is 10.3. The van der Waals surface area contributed by atoms with Crippen LogP contribution in [0.3, 0.4) is 0 Å². The number of allylic oxidation sites excluding steroid dienone is 1. The molecule has 0 amide bonds. The number of unbranched alkanes of at least 4 members (excludes halogenated alkanes) is 1. The minimum Gasteiger partial charge on any atom is -0.494 e. The predicted molar refractivity (Wildman–Crippen MR) is 110 cm³/mol. The molecule has 0 spiro atoms. The Balaban J connectivity index is 1.86. The summed E-state index contributed by atoms with van der Waals surface area (Å²) in [4.78, 5) is 11.3. The Morgan fingerprint density at radius 1 is 1.22 bits per heavy atom. The van der Waals surface area contributed by atoms with Crippen LogP contribution in [0.4, 0.5) is 0 Å². The summed E-state index contributed by atoms with van der Waals surface area (Å²) in [5, 5.41) is 4.77. The van der Waals surface area contributed by atoms with Gasteiger partial charge in [-0.2, -0.15) is 5.10 Å². The Morgan fingerprint density at radius 2 is 1.96 bits per heavy atom. The van der Waals surface area contributed by atoms with Crippen LogP contribution in [0, 0.1) is 0 Å². The van der Waals surface area contributed by atoms with Crippen molar-refractivity contribution in [2.75, 3.05) is 6.61 Å². The number of benzene rings is 1. The van der Waals surface area contributed by atoms with Crippen LogP contribution in [0.1, 0.15) is 76.1 Å². The van der Waals surface area contributed by atoms with Crippen molar-refractivity contribution in [2.45, 2.75) is 64.7 Å². The molecule has 1 aliphatic carbocycles. The van der Waals surface area contributed by atoms with Gasteiger partial charge in [0.2, 0.25) is 0 Å². The van der Waals surface area contributed by atoms with E-state index >= 15 is 0 Å². The highest BCUT2D eigenvalue weighted by Crippen LogP contribution is 2.34. The van der Waals surface area contributed by atoms with Gasteiger partial charge < -0.3 is 4.74 Å². The van der Waals surface area contributed by atoms with Crippen LogP contribution >= 0.6 is 0 Å². The van der Waals surface area contributed by atoms with E-state index in [1.165, 1.54) is 37.8 Å². The molecule has 1 aliphatic rings. The average molecular weight is 367 g/mol. The van der Waals surface area contributed by atoms with Gasteiger partial charge in [-0.1, -0.05) is 32.6 Å². The van der Waals surface area contributed by atoms with Crippen molar-refractivity contribution in [1.29, 1.82) is 0 Å². The topological polar surface area (TPSA) is 44.1 Å². The van der Waals surface area contributed by atoms with Gasteiger partial charge in [-0.05, 0) is 68.7 Å². The van der Waals surface area contributed by atoms with Crippen LogP contribution in [0.15, 0.2) is 36.4 Å². The first-order chi connectivity index (χ1) is 13.2. The van der Waals surface area contributed by atoms with E-state index in [1.807, 2.05) is 22.9 Å². The number of hydrogen-bond acceptors (Lipinski definition) is 3. The molecule has 1 saturated carbocycles. The molecular weight excluding hydrogens is 336 g/mol. The number of ketones is 1. The van der Waals surface area contributed by atoms with E-state index in [0.29, 0.717) is 5.92 Å². The lowest BCUT2D eigenvalue weighted by atomic mass is 9.86. The maximum Gasteiger partial charge on any atom is 0.152 e. The standard InChI is InChI=1S/C23H30N2O2/c1-3-4-16-27-22-14-12-21(13-15-22)25-23(19-8-6-5-7-9-19)17-20(24-25)11-10-18(2)26/h10-15,17,19H,3-9,16H2,1-2H3/b11-10+. The second-order valence-electron chi connectivity index (χ2n) is 7.38. The molecule has 144 valence electrons. The molecule has 0 bridgehead atoms. The summed E-state index contributed by atoms with van der Waals surface area (Å²) < 4.78 is 7.82. The van der Waals surface area contributed by atoms with Gasteiger partial charge >= 0.3 is 0 Å². The first kappa shape index (κ1) is 19.4. The lowest BCUT2D eigenvalue weighted by Gasteiger charge is -2.22. The molecule has 0 atom stereocenters. The summed E-state index contributed by atoms with van der Waals surface area (Å²) in [5.41, 5.74) is 3.13. The Bertz CT molecular complexity index is 768. The molecule has 0 saturated heterocycles. The first-order valence-corrected chi connectivity index (χ1v) is 10.2. The molecule has 0 aliphatic heterocycles. The van der Waals surface area contributed by atoms with Crippen molar-refractivity contribution < 1.29 is 9.53 Å². The Hall–Kier alpha value is -2.36. The fraction of sp³-hybridized carbons (Fsp3) is 0.478. The predicted octanol–water partition coefficient (Wildman–Crippen LogP) is 5.70. The van der Waals surface area contributed by atoms with Gasteiger partial charge in [0.25, 0.3) is 0 Å². The van der Waals surface area contributed by atoms with E-state index in [-0.39, 0.29) is 5.78 Å². The van der Waals surface area contributed by atoms with E-state index in [2.05, 4.69) is 25.1 Å². The molecule has 4 heteroatoms. The van der Waals surface area contributed by atoms with Crippen molar-refractivity contribution in [2.24, 2.45) is 0 Å². The summed E-state index contributed by atoms with van der Waals surface area (Å²) >= 11 is 0. The van der Waals surface area contributed by atoms with Crippen molar-refractivity contribution in [3.63, 3.8) is 0 Å². The molecule has 0 unspecified atom stereocenters.